The minimum Gasteiger partial charge on any atom is -0.410 e. The number of pyridine rings is 1. The summed E-state index contributed by atoms with van der Waals surface area (Å²) >= 11 is 1.83. The highest BCUT2D eigenvalue weighted by Gasteiger charge is 2.54. The molecular weight excluding hydrogens is 545 g/mol. The van der Waals surface area contributed by atoms with Gasteiger partial charge in [0.25, 0.3) is 0 Å². The predicted molar refractivity (Wildman–Crippen MR) is 172 cm³/mol. The number of aromatic nitrogens is 2. The Morgan fingerprint density at radius 2 is 1.63 bits per heavy atom. The lowest BCUT2D eigenvalue weighted by Crippen LogP contribution is -2.45. The standard InChI is InChI=1S/C34H54N2O3SSi/c1-20(2)27-25-26(24-22(36-27)18-33(10,11)19-23(24)39-41(12,13)32(7,8)9)34(14-16-37-17-15-34)38-28(25)30-35-21(3)29(40-30)31(4,5)6/h20,23,28H,14-19H2,1-13H3/t23-,28-/m0/s1. The van der Waals surface area contributed by atoms with E-state index in [1.54, 1.807) is 0 Å². The Kier molecular flexibility index (Phi) is 7.80. The van der Waals surface area contributed by atoms with Gasteiger partial charge in [-0.05, 0) is 60.2 Å². The molecule has 0 radical (unpaired) electrons. The topological polar surface area (TPSA) is 53.5 Å². The second kappa shape index (κ2) is 10.2. The number of aryl methyl sites for hydroxylation is 1. The SMILES string of the molecule is Cc1nc([C@H]2OC3(CCOCC3)c3c2c(C(C)C)nc2c3[C@@H](O[Si](C)(C)C(C)(C)C)CC(C)(C)C2)sc1C(C)(C)C. The molecule has 41 heavy (non-hydrogen) atoms. The average Bonchev–Trinajstić information content (AvgIpc) is 3.36. The maximum Gasteiger partial charge on any atom is 0.192 e. The van der Waals surface area contributed by atoms with Gasteiger partial charge in [-0.15, -0.1) is 11.3 Å². The second-order valence-electron chi connectivity index (χ2n) is 16.5. The van der Waals surface area contributed by atoms with Gasteiger partial charge in [0.2, 0.25) is 0 Å². The summed E-state index contributed by atoms with van der Waals surface area (Å²) in [6.07, 6.45) is 3.50. The van der Waals surface area contributed by atoms with Crippen LogP contribution in [0.5, 0.6) is 0 Å². The van der Waals surface area contributed by atoms with Gasteiger partial charge in [-0.3, -0.25) is 4.98 Å². The van der Waals surface area contributed by atoms with Gasteiger partial charge < -0.3 is 13.9 Å². The van der Waals surface area contributed by atoms with E-state index in [0.717, 1.165) is 36.4 Å². The van der Waals surface area contributed by atoms with Crippen molar-refractivity contribution in [1.29, 1.82) is 0 Å². The van der Waals surface area contributed by atoms with Gasteiger partial charge >= 0.3 is 0 Å². The number of rotatable bonds is 4. The Labute approximate surface area is 254 Å². The van der Waals surface area contributed by atoms with E-state index in [2.05, 4.69) is 89.3 Å². The smallest absolute Gasteiger partial charge is 0.192 e. The third-order valence-electron chi connectivity index (χ3n) is 9.96. The maximum atomic E-state index is 7.37. The molecule has 2 aromatic heterocycles. The van der Waals surface area contributed by atoms with Crippen molar-refractivity contribution in [1.82, 2.24) is 9.97 Å². The Bertz CT molecular complexity index is 1310. The number of ether oxygens (including phenoxy) is 2. The molecule has 0 bridgehead atoms. The quantitative estimate of drug-likeness (QED) is 0.328. The van der Waals surface area contributed by atoms with Crippen molar-refractivity contribution < 1.29 is 13.9 Å². The van der Waals surface area contributed by atoms with Crippen LogP contribution in [0.15, 0.2) is 0 Å². The van der Waals surface area contributed by atoms with Gasteiger partial charge in [-0.2, -0.15) is 0 Å². The van der Waals surface area contributed by atoms with E-state index >= 15 is 0 Å². The fraction of sp³-hybridized carbons (Fsp3) is 0.765. The van der Waals surface area contributed by atoms with E-state index in [0.29, 0.717) is 13.2 Å². The summed E-state index contributed by atoms with van der Waals surface area (Å²) in [5, 5.41) is 1.19. The van der Waals surface area contributed by atoms with Crippen molar-refractivity contribution in [3.8, 4) is 0 Å². The molecule has 2 aromatic rings. The highest BCUT2D eigenvalue weighted by Crippen LogP contribution is 2.59. The first-order chi connectivity index (χ1) is 18.8. The first-order valence-corrected chi connectivity index (χ1v) is 19.5. The highest BCUT2D eigenvalue weighted by molar-refractivity contribution is 7.12. The van der Waals surface area contributed by atoms with Crippen molar-refractivity contribution in [2.45, 2.75) is 149 Å². The normalized spacial score (nSPS) is 24.1. The second-order valence-corrected chi connectivity index (χ2v) is 22.3. The average molecular weight is 599 g/mol. The fourth-order valence-corrected chi connectivity index (χ4v) is 9.37. The van der Waals surface area contributed by atoms with Crippen LogP contribution in [-0.2, 0) is 31.3 Å². The molecular formula is C34H54N2O3SSi. The number of hydrogen-bond donors (Lipinski definition) is 0. The molecule has 1 aliphatic carbocycles. The van der Waals surface area contributed by atoms with Gasteiger partial charge in [0, 0.05) is 53.4 Å². The lowest BCUT2D eigenvalue weighted by atomic mass is 9.70. The summed E-state index contributed by atoms with van der Waals surface area (Å²) < 4.78 is 20.7. The third-order valence-corrected chi connectivity index (χ3v) is 16.1. The molecule has 2 aliphatic heterocycles. The Morgan fingerprint density at radius 3 is 2.17 bits per heavy atom. The third kappa shape index (κ3) is 5.52. The number of hydrogen-bond acceptors (Lipinski definition) is 6. The van der Waals surface area contributed by atoms with Gasteiger partial charge in [0.15, 0.2) is 8.32 Å². The van der Waals surface area contributed by atoms with Crippen LogP contribution < -0.4 is 0 Å². The number of thiazole rings is 1. The minimum atomic E-state index is -2.06. The van der Waals surface area contributed by atoms with Crippen LogP contribution in [-0.4, -0.2) is 31.5 Å². The van der Waals surface area contributed by atoms with E-state index in [-0.39, 0.29) is 34.0 Å². The molecule has 0 unspecified atom stereocenters. The zero-order valence-electron chi connectivity index (χ0n) is 28.0. The van der Waals surface area contributed by atoms with E-state index < -0.39 is 13.9 Å². The van der Waals surface area contributed by atoms with Crippen molar-refractivity contribution in [3.05, 3.63) is 43.7 Å². The monoisotopic (exact) mass is 598 g/mol. The lowest BCUT2D eigenvalue weighted by Gasteiger charge is -2.46. The zero-order chi connectivity index (χ0) is 30.3. The van der Waals surface area contributed by atoms with Crippen LogP contribution in [0.25, 0.3) is 0 Å². The van der Waals surface area contributed by atoms with Crippen LogP contribution in [0.2, 0.25) is 18.1 Å². The summed E-state index contributed by atoms with van der Waals surface area (Å²) in [4.78, 5) is 12.1. The summed E-state index contributed by atoms with van der Waals surface area (Å²) in [7, 11) is -2.06. The van der Waals surface area contributed by atoms with Crippen LogP contribution in [0.3, 0.4) is 0 Å². The molecule has 4 heterocycles. The van der Waals surface area contributed by atoms with Crippen molar-refractivity contribution in [2.24, 2.45) is 5.41 Å². The molecule has 0 saturated carbocycles. The van der Waals surface area contributed by atoms with Gasteiger partial charge in [0.05, 0.1) is 17.4 Å². The number of fused-ring (bicyclic) bond motifs is 4. The van der Waals surface area contributed by atoms with Gasteiger partial charge in [0.1, 0.15) is 11.1 Å². The molecule has 2 atom stereocenters. The Hall–Kier alpha value is -1.12. The minimum absolute atomic E-state index is 0.0161. The highest BCUT2D eigenvalue weighted by atomic mass is 32.1. The molecule has 0 N–H and O–H groups in total. The first kappa shape index (κ1) is 31.3. The summed E-state index contributed by atoms with van der Waals surface area (Å²) in [5.74, 6) is 0.281. The molecule has 5 nitrogen and oxygen atoms in total. The fourth-order valence-electron chi connectivity index (χ4n) is 6.94. The van der Waals surface area contributed by atoms with Gasteiger partial charge in [-0.1, -0.05) is 69.2 Å². The first-order valence-electron chi connectivity index (χ1n) is 15.7. The summed E-state index contributed by atoms with van der Waals surface area (Å²) in [6.45, 7) is 31.6. The van der Waals surface area contributed by atoms with Crippen LogP contribution >= 0.6 is 11.3 Å². The van der Waals surface area contributed by atoms with Crippen molar-refractivity contribution in [2.75, 3.05) is 13.2 Å². The molecule has 0 aromatic carbocycles. The Balaban J connectivity index is 1.79. The largest absolute Gasteiger partial charge is 0.410 e. The van der Waals surface area contributed by atoms with Crippen molar-refractivity contribution in [3.63, 3.8) is 0 Å². The van der Waals surface area contributed by atoms with Crippen LogP contribution in [0, 0.1) is 12.3 Å². The van der Waals surface area contributed by atoms with E-state index in [1.165, 1.54) is 33.0 Å². The number of nitrogens with zero attached hydrogens (tertiary/aromatic N) is 2. The summed E-state index contributed by atoms with van der Waals surface area (Å²) in [6, 6.07) is 0. The summed E-state index contributed by atoms with van der Waals surface area (Å²) in [5.41, 5.74) is 7.28. The van der Waals surface area contributed by atoms with Crippen molar-refractivity contribution >= 4 is 19.7 Å². The maximum absolute atomic E-state index is 7.37. The molecule has 1 fully saturated rings. The van der Waals surface area contributed by atoms with Gasteiger partial charge in [-0.25, -0.2) is 4.98 Å². The molecule has 1 saturated heterocycles. The van der Waals surface area contributed by atoms with Crippen LogP contribution in [0.4, 0.5) is 0 Å². The van der Waals surface area contributed by atoms with Crippen LogP contribution in [0.1, 0.15) is 150 Å². The van der Waals surface area contributed by atoms with E-state index in [1.807, 2.05) is 11.3 Å². The molecule has 7 heteroatoms. The Morgan fingerprint density at radius 1 is 1.00 bits per heavy atom. The molecule has 228 valence electrons. The lowest BCUT2D eigenvalue weighted by molar-refractivity contribution is -0.122. The molecule has 3 aliphatic rings. The zero-order valence-corrected chi connectivity index (χ0v) is 29.8. The molecule has 5 rings (SSSR count). The van der Waals surface area contributed by atoms with E-state index in [4.69, 9.17) is 23.9 Å². The van der Waals surface area contributed by atoms with E-state index in [9.17, 15) is 0 Å². The molecule has 1 spiro atoms. The molecule has 0 amide bonds. The predicted octanol–water partition coefficient (Wildman–Crippen LogP) is 9.43.